The minimum Gasteiger partial charge on any atom is -0.318 e. The first kappa shape index (κ1) is 15.0. The van der Waals surface area contributed by atoms with E-state index < -0.39 is 0 Å². The lowest BCUT2D eigenvalue weighted by Gasteiger charge is -2.28. The number of hydrogen-bond acceptors (Lipinski definition) is 3. The average molecular weight is 291 g/mol. The molecule has 1 N–H and O–H groups in total. The monoisotopic (exact) mass is 291 g/mol. The molecule has 0 aromatic rings. The lowest BCUT2D eigenvalue weighted by Crippen LogP contribution is -2.44. The second-order valence-electron chi connectivity index (χ2n) is 6.97. The fourth-order valence-corrected chi connectivity index (χ4v) is 3.51. The summed E-state index contributed by atoms with van der Waals surface area (Å²) in [5.74, 6) is 1.11. The lowest BCUT2D eigenvalue weighted by molar-refractivity contribution is -0.129. The van der Waals surface area contributed by atoms with Crippen LogP contribution in [0.1, 0.15) is 44.9 Å². The van der Waals surface area contributed by atoms with Crippen molar-refractivity contribution in [2.75, 3.05) is 33.2 Å². The third-order valence-electron chi connectivity index (χ3n) is 5.04. The zero-order chi connectivity index (χ0) is 14.7. The second-order valence-corrected chi connectivity index (χ2v) is 6.97. The van der Waals surface area contributed by atoms with Gasteiger partial charge in [-0.25, -0.2) is 0 Å². The van der Waals surface area contributed by atoms with Crippen molar-refractivity contribution in [1.82, 2.24) is 15.1 Å². The highest BCUT2D eigenvalue weighted by atomic mass is 16.2. The molecule has 1 heterocycles. The molecule has 1 atom stereocenters. The number of allylic oxidation sites excluding steroid dienone is 2. The van der Waals surface area contributed by atoms with Crippen LogP contribution in [0, 0.1) is 5.92 Å². The molecule has 1 aliphatic heterocycles. The van der Waals surface area contributed by atoms with Gasteiger partial charge in [0.1, 0.15) is 0 Å². The van der Waals surface area contributed by atoms with Crippen LogP contribution in [0.5, 0.6) is 0 Å². The molecular weight excluding hydrogens is 262 g/mol. The van der Waals surface area contributed by atoms with E-state index in [9.17, 15) is 4.79 Å². The van der Waals surface area contributed by atoms with Crippen molar-refractivity contribution in [2.24, 2.45) is 5.92 Å². The van der Waals surface area contributed by atoms with Crippen molar-refractivity contribution >= 4 is 5.91 Å². The third-order valence-corrected chi connectivity index (χ3v) is 5.04. The normalized spacial score (nSPS) is 25.4. The minimum absolute atomic E-state index is 0.266. The van der Waals surface area contributed by atoms with Gasteiger partial charge in [0.05, 0.1) is 6.54 Å². The van der Waals surface area contributed by atoms with E-state index in [-0.39, 0.29) is 5.91 Å². The zero-order valence-corrected chi connectivity index (χ0v) is 13.3. The Balaban J connectivity index is 1.52. The molecule has 2 fully saturated rings. The van der Waals surface area contributed by atoms with E-state index in [0.717, 1.165) is 38.4 Å². The van der Waals surface area contributed by atoms with Gasteiger partial charge in [0.25, 0.3) is 0 Å². The van der Waals surface area contributed by atoms with Crippen LogP contribution in [0.25, 0.3) is 0 Å². The van der Waals surface area contributed by atoms with Gasteiger partial charge in [0, 0.05) is 31.9 Å². The molecule has 4 heteroatoms. The number of hydrogen-bond donors (Lipinski definition) is 1. The molecule has 0 bridgehead atoms. The second kappa shape index (κ2) is 6.93. The molecule has 1 amide bonds. The van der Waals surface area contributed by atoms with Crippen molar-refractivity contribution < 1.29 is 4.79 Å². The molecule has 0 spiro atoms. The molecule has 1 saturated carbocycles. The molecule has 4 nitrogen and oxygen atoms in total. The molecule has 21 heavy (non-hydrogen) atoms. The summed E-state index contributed by atoms with van der Waals surface area (Å²) < 4.78 is 0. The van der Waals surface area contributed by atoms with E-state index in [4.69, 9.17) is 0 Å². The Morgan fingerprint density at radius 3 is 2.76 bits per heavy atom. The summed E-state index contributed by atoms with van der Waals surface area (Å²) in [5.41, 5.74) is 1.23. The molecule has 1 saturated heterocycles. The van der Waals surface area contributed by atoms with Gasteiger partial charge < -0.3 is 10.2 Å². The average Bonchev–Trinajstić information content (AvgIpc) is 2.97. The number of nitrogens with zero attached hydrogens (tertiary/aromatic N) is 2. The number of carbonyl (C=O) groups is 1. The molecular formula is C17H29N3O. The lowest BCUT2D eigenvalue weighted by atomic mass is 10.2. The van der Waals surface area contributed by atoms with Gasteiger partial charge in [-0.05, 0) is 57.4 Å². The smallest absolute Gasteiger partial charge is 0.240 e. The molecule has 0 aromatic heterocycles. The minimum atomic E-state index is 0.266. The van der Waals surface area contributed by atoms with E-state index in [1.165, 1.54) is 37.8 Å². The molecule has 3 rings (SSSR count). The van der Waals surface area contributed by atoms with E-state index >= 15 is 0 Å². The Kier molecular flexibility index (Phi) is 4.96. The standard InChI is InChI=1S/C17H29N3O/c1-19(16-6-2-3-7-16)17(21)13-20(11-14-8-9-14)12-15-5-4-10-18-15/h6,14-15,18H,2-5,7-13H2,1H3. The first-order valence-corrected chi connectivity index (χ1v) is 8.63. The highest BCUT2D eigenvalue weighted by Crippen LogP contribution is 2.30. The Bertz CT molecular complexity index is 397. The van der Waals surface area contributed by atoms with Crippen LogP contribution in [0.3, 0.4) is 0 Å². The van der Waals surface area contributed by atoms with E-state index in [2.05, 4.69) is 16.3 Å². The summed E-state index contributed by atoms with van der Waals surface area (Å²) in [6.07, 6.45) is 10.9. The largest absolute Gasteiger partial charge is 0.318 e. The van der Waals surface area contributed by atoms with Crippen LogP contribution in [-0.4, -0.2) is 55.0 Å². The van der Waals surface area contributed by atoms with Gasteiger partial charge in [-0.3, -0.25) is 9.69 Å². The van der Waals surface area contributed by atoms with Gasteiger partial charge in [0.2, 0.25) is 5.91 Å². The molecule has 1 unspecified atom stereocenters. The summed E-state index contributed by atoms with van der Waals surface area (Å²) in [7, 11) is 1.95. The summed E-state index contributed by atoms with van der Waals surface area (Å²) in [6, 6.07) is 0.590. The third kappa shape index (κ3) is 4.30. The quantitative estimate of drug-likeness (QED) is 0.779. The maximum Gasteiger partial charge on any atom is 0.240 e. The Morgan fingerprint density at radius 1 is 1.29 bits per heavy atom. The van der Waals surface area contributed by atoms with Gasteiger partial charge in [0.15, 0.2) is 0 Å². The van der Waals surface area contributed by atoms with E-state index in [1.54, 1.807) is 0 Å². The molecule has 0 aromatic carbocycles. The van der Waals surface area contributed by atoms with Gasteiger partial charge in [-0.2, -0.15) is 0 Å². The Morgan fingerprint density at radius 2 is 2.14 bits per heavy atom. The topological polar surface area (TPSA) is 35.6 Å². The van der Waals surface area contributed by atoms with Crippen LogP contribution in [0.15, 0.2) is 11.8 Å². The van der Waals surface area contributed by atoms with E-state index in [0.29, 0.717) is 12.6 Å². The molecule has 2 aliphatic carbocycles. The molecule has 3 aliphatic rings. The van der Waals surface area contributed by atoms with Crippen molar-refractivity contribution in [3.8, 4) is 0 Å². The number of rotatable bonds is 7. The highest BCUT2D eigenvalue weighted by Gasteiger charge is 2.28. The van der Waals surface area contributed by atoms with Crippen LogP contribution < -0.4 is 5.32 Å². The van der Waals surface area contributed by atoms with Crippen LogP contribution >= 0.6 is 0 Å². The van der Waals surface area contributed by atoms with Gasteiger partial charge in [-0.15, -0.1) is 0 Å². The fourth-order valence-electron chi connectivity index (χ4n) is 3.51. The predicted octanol–water partition coefficient (Wildman–Crippen LogP) is 1.98. The van der Waals surface area contributed by atoms with Crippen molar-refractivity contribution in [3.05, 3.63) is 11.8 Å². The Hall–Kier alpha value is -0.870. The number of likely N-dealkylation sites (N-methyl/N-ethyl adjacent to an activating group) is 1. The number of nitrogens with one attached hydrogen (secondary N) is 1. The summed E-state index contributed by atoms with van der Waals surface area (Å²) in [4.78, 5) is 16.8. The van der Waals surface area contributed by atoms with Gasteiger partial charge in [-0.1, -0.05) is 6.08 Å². The maximum absolute atomic E-state index is 12.5. The fraction of sp³-hybridized carbons (Fsp3) is 0.824. The zero-order valence-electron chi connectivity index (χ0n) is 13.3. The highest BCUT2D eigenvalue weighted by molar-refractivity contribution is 5.79. The Labute approximate surface area is 128 Å². The predicted molar refractivity (Wildman–Crippen MR) is 84.9 cm³/mol. The number of carbonyl (C=O) groups excluding carboxylic acids is 1. The molecule has 0 radical (unpaired) electrons. The van der Waals surface area contributed by atoms with Crippen molar-refractivity contribution in [3.63, 3.8) is 0 Å². The van der Waals surface area contributed by atoms with Crippen LogP contribution in [-0.2, 0) is 4.79 Å². The summed E-state index contributed by atoms with van der Waals surface area (Å²) >= 11 is 0. The van der Waals surface area contributed by atoms with Crippen LogP contribution in [0.2, 0.25) is 0 Å². The summed E-state index contributed by atoms with van der Waals surface area (Å²) in [5, 5.41) is 3.56. The maximum atomic E-state index is 12.5. The summed E-state index contributed by atoms with van der Waals surface area (Å²) in [6.45, 7) is 3.87. The number of amides is 1. The van der Waals surface area contributed by atoms with Crippen molar-refractivity contribution in [2.45, 2.75) is 51.0 Å². The van der Waals surface area contributed by atoms with Crippen molar-refractivity contribution in [1.29, 1.82) is 0 Å². The van der Waals surface area contributed by atoms with Gasteiger partial charge >= 0.3 is 0 Å². The first-order valence-electron chi connectivity index (χ1n) is 8.63. The molecule has 118 valence electrons. The SMILES string of the molecule is CN(C(=O)CN(CC1CC1)CC1CCCN1)C1=CCCC1. The van der Waals surface area contributed by atoms with Crippen LogP contribution in [0.4, 0.5) is 0 Å². The first-order chi connectivity index (χ1) is 10.2. The van der Waals surface area contributed by atoms with E-state index in [1.807, 2.05) is 11.9 Å².